The third-order valence-corrected chi connectivity index (χ3v) is 2.73. The molecule has 0 saturated carbocycles. The largest absolute Gasteiger partial charge is 0.389 e. The average Bonchev–Trinajstić information content (AvgIpc) is 2.78. The van der Waals surface area contributed by atoms with Crippen LogP contribution in [0.1, 0.15) is 24.2 Å². The van der Waals surface area contributed by atoms with Gasteiger partial charge in [-0.3, -0.25) is 4.79 Å². The molecule has 2 N–H and O–H groups in total. The monoisotopic (exact) mass is 257 g/mol. The van der Waals surface area contributed by atoms with E-state index in [9.17, 15) is 9.90 Å². The number of hydrogen-bond acceptors (Lipinski definition) is 4. The fraction of sp³-hybridized carbons (Fsp3) is 0.583. The van der Waals surface area contributed by atoms with Crippen molar-refractivity contribution in [3.63, 3.8) is 0 Å². The van der Waals surface area contributed by atoms with Gasteiger partial charge in [-0.15, -0.1) is 0 Å². The van der Waals surface area contributed by atoms with Crippen molar-refractivity contribution in [3.8, 4) is 0 Å². The molecule has 1 amide bonds. The van der Waals surface area contributed by atoms with E-state index < -0.39 is 6.10 Å². The van der Waals surface area contributed by atoms with Crippen molar-refractivity contribution < 1.29 is 14.6 Å². The third-order valence-electron chi connectivity index (χ3n) is 2.04. The number of carbonyl (C=O) groups is 1. The topological polar surface area (TPSA) is 58.6 Å². The molecule has 5 heteroatoms. The molecular weight excluding hydrogens is 238 g/mol. The van der Waals surface area contributed by atoms with E-state index in [-0.39, 0.29) is 19.1 Å². The predicted molar refractivity (Wildman–Crippen MR) is 68.3 cm³/mol. The van der Waals surface area contributed by atoms with Crippen LogP contribution in [-0.2, 0) is 4.74 Å². The quantitative estimate of drug-likeness (QED) is 0.778. The molecule has 1 aromatic rings. The first-order chi connectivity index (χ1) is 8.09. The summed E-state index contributed by atoms with van der Waals surface area (Å²) in [6.07, 6.45) is -0.656. The van der Waals surface area contributed by atoms with Gasteiger partial charge in [-0.25, -0.2) is 0 Å². The van der Waals surface area contributed by atoms with Crippen molar-refractivity contribution in [2.24, 2.45) is 5.92 Å². The first-order valence-electron chi connectivity index (χ1n) is 5.65. The fourth-order valence-corrected chi connectivity index (χ4v) is 1.84. The standard InChI is InChI=1S/C12H19NO3S/c1-9(2)6-16-7-11(14)5-13-12(15)10-3-4-17-8-10/h3-4,8-9,11,14H,5-7H2,1-2H3,(H,13,15). The van der Waals surface area contributed by atoms with Gasteiger partial charge in [-0.2, -0.15) is 11.3 Å². The zero-order valence-corrected chi connectivity index (χ0v) is 11.0. The van der Waals surface area contributed by atoms with Crippen LogP contribution in [0.2, 0.25) is 0 Å². The van der Waals surface area contributed by atoms with Crippen LogP contribution in [0.5, 0.6) is 0 Å². The van der Waals surface area contributed by atoms with Gasteiger partial charge in [-0.05, 0) is 17.4 Å². The van der Waals surface area contributed by atoms with Gasteiger partial charge < -0.3 is 15.2 Å². The zero-order chi connectivity index (χ0) is 12.7. The van der Waals surface area contributed by atoms with Crippen molar-refractivity contribution in [2.75, 3.05) is 19.8 Å². The Morgan fingerprint density at radius 3 is 2.88 bits per heavy atom. The SMILES string of the molecule is CC(C)COCC(O)CNC(=O)c1ccsc1. The summed E-state index contributed by atoms with van der Waals surface area (Å²) in [5.74, 6) is 0.289. The molecule has 96 valence electrons. The Balaban J connectivity index is 2.15. The summed E-state index contributed by atoms with van der Waals surface area (Å²) in [7, 11) is 0. The molecule has 0 aliphatic rings. The fourth-order valence-electron chi connectivity index (χ4n) is 1.20. The van der Waals surface area contributed by atoms with E-state index in [4.69, 9.17) is 4.74 Å². The number of aliphatic hydroxyl groups is 1. The number of thiophene rings is 1. The summed E-state index contributed by atoms with van der Waals surface area (Å²) in [4.78, 5) is 11.5. The summed E-state index contributed by atoms with van der Waals surface area (Å²) < 4.78 is 5.28. The van der Waals surface area contributed by atoms with E-state index in [0.29, 0.717) is 18.1 Å². The minimum Gasteiger partial charge on any atom is -0.389 e. The number of nitrogens with one attached hydrogen (secondary N) is 1. The molecule has 17 heavy (non-hydrogen) atoms. The molecule has 0 aromatic carbocycles. The molecule has 0 fully saturated rings. The first kappa shape index (κ1) is 14.2. The second kappa shape index (κ2) is 7.42. The summed E-state index contributed by atoms with van der Waals surface area (Å²) in [6.45, 7) is 5.18. The van der Waals surface area contributed by atoms with Gasteiger partial charge in [0.1, 0.15) is 0 Å². The van der Waals surface area contributed by atoms with Crippen LogP contribution >= 0.6 is 11.3 Å². The van der Waals surface area contributed by atoms with E-state index in [1.807, 2.05) is 19.2 Å². The molecule has 1 unspecified atom stereocenters. The second-order valence-electron chi connectivity index (χ2n) is 4.31. The van der Waals surface area contributed by atoms with Gasteiger partial charge >= 0.3 is 0 Å². The predicted octanol–water partition coefficient (Wildman–Crippen LogP) is 1.51. The van der Waals surface area contributed by atoms with Crippen LogP contribution in [0, 0.1) is 5.92 Å². The molecule has 0 radical (unpaired) electrons. The normalized spacial score (nSPS) is 12.7. The number of carbonyl (C=O) groups excluding carboxylic acids is 1. The maximum atomic E-state index is 11.5. The molecular formula is C12H19NO3S. The van der Waals surface area contributed by atoms with Crippen LogP contribution in [-0.4, -0.2) is 36.9 Å². The summed E-state index contributed by atoms with van der Waals surface area (Å²) in [6, 6.07) is 1.75. The zero-order valence-electron chi connectivity index (χ0n) is 10.2. The molecule has 0 aliphatic heterocycles. The van der Waals surface area contributed by atoms with E-state index in [0.717, 1.165) is 0 Å². The highest BCUT2D eigenvalue weighted by atomic mass is 32.1. The average molecular weight is 257 g/mol. The minimum absolute atomic E-state index is 0.158. The number of ether oxygens (including phenoxy) is 1. The van der Waals surface area contributed by atoms with Crippen LogP contribution < -0.4 is 5.32 Å². The van der Waals surface area contributed by atoms with Crippen molar-refractivity contribution in [3.05, 3.63) is 22.4 Å². The molecule has 0 saturated heterocycles. The van der Waals surface area contributed by atoms with E-state index in [1.165, 1.54) is 11.3 Å². The minimum atomic E-state index is -0.656. The summed E-state index contributed by atoms with van der Waals surface area (Å²) in [5, 5.41) is 15.9. The highest BCUT2D eigenvalue weighted by Gasteiger charge is 2.09. The number of aliphatic hydroxyl groups excluding tert-OH is 1. The first-order valence-corrected chi connectivity index (χ1v) is 6.60. The molecule has 1 rings (SSSR count). The van der Waals surface area contributed by atoms with Gasteiger partial charge in [0.25, 0.3) is 5.91 Å². The lowest BCUT2D eigenvalue weighted by molar-refractivity contribution is 0.0259. The van der Waals surface area contributed by atoms with Crippen LogP contribution in [0.15, 0.2) is 16.8 Å². The highest BCUT2D eigenvalue weighted by Crippen LogP contribution is 2.05. The van der Waals surface area contributed by atoms with E-state index in [1.54, 1.807) is 11.4 Å². The Hall–Kier alpha value is -0.910. The van der Waals surface area contributed by atoms with Crippen molar-refractivity contribution in [1.29, 1.82) is 0 Å². The van der Waals surface area contributed by atoms with Crippen molar-refractivity contribution in [2.45, 2.75) is 20.0 Å². The van der Waals surface area contributed by atoms with Crippen LogP contribution in [0.25, 0.3) is 0 Å². The maximum Gasteiger partial charge on any atom is 0.252 e. The summed E-state index contributed by atoms with van der Waals surface area (Å²) >= 11 is 1.47. The van der Waals surface area contributed by atoms with Gasteiger partial charge in [0.15, 0.2) is 0 Å². The Kier molecular flexibility index (Phi) is 6.18. The van der Waals surface area contributed by atoms with Gasteiger partial charge in [0, 0.05) is 24.1 Å². The highest BCUT2D eigenvalue weighted by molar-refractivity contribution is 7.08. The van der Waals surface area contributed by atoms with Crippen molar-refractivity contribution >= 4 is 17.2 Å². The lowest BCUT2D eigenvalue weighted by atomic mass is 10.2. The molecule has 0 spiro atoms. The lowest BCUT2D eigenvalue weighted by Gasteiger charge is -2.13. The van der Waals surface area contributed by atoms with Gasteiger partial charge in [-0.1, -0.05) is 13.8 Å². The van der Waals surface area contributed by atoms with Crippen LogP contribution in [0.3, 0.4) is 0 Å². The maximum absolute atomic E-state index is 11.5. The van der Waals surface area contributed by atoms with Gasteiger partial charge in [0.2, 0.25) is 0 Å². The van der Waals surface area contributed by atoms with E-state index in [2.05, 4.69) is 5.32 Å². The second-order valence-corrected chi connectivity index (χ2v) is 5.09. The Bertz CT molecular complexity index is 325. The molecule has 1 heterocycles. The Labute approximate surface area is 106 Å². The number of hydrogen-bond donors (Lipinski definition) is 2. The third kappa shape index (κ3) is 5.81. The number of rotatable bonds is 7. The molecule has 0 bridgehead atoms. The molecule has 1 atom stereocenters. The van der Waals surface area contributed by atoms with Crippen LogP contribution in [0.4, 0.5) is 0 Å². The smallest absolute Gasteiger partial charge is 0.252 e. The Morgan fingerprint density at radius 1 is 1.53 bits per heavy atom. The van der Waals surface area contributed by atoms with Gasteiger partial charge in [0.05, 0.1) is 12.7 Å². The molecule has 1 aromatic heterocycles. The van der Waals surface area contributed by atoms with Crippen molar-refractivity contribution in [1.82, 2.24) is 5.32 Å². The Morgan fingerprint density at radius 2 is 2.29 bits per heavy atom. The summed E-state index contributed by atoms with van der Waals surface area (Å²) in [5.41, 5.74) is 0.630. The van der Waals surface area contributed by atoms with E-state index >= 15 is 0 Å². The lowest BCUT2D eigenvalue weighted by Crippen LogP contribution is -2.34. The molecule has 0 aliphatic carbocycles. The number of amides is 1. The molecule has 4 nitrogen and oxygen atoms in total.